The quantitative estimate of drug-likeness (QED) is 0.175. The Hall–Kier alpha value is -0.320. The smallest absolute Gasteiger partial charge is 0.0945 e. The standard InChI is InChI=1S/C10H24N2O6/c13-3-7(9(17)5-15)11-1-2-12-8(4-14)10(18)6-16/h7-18H,1-6H2/t7-,8-,9-,10-/m1/s1. The summed E-state index contributed by atoms with van der Waals surface area (Å²) in [6.45, 7) is -0.814. The number of rotatable bonds is 11. The van der Waals surface area contributed by atoms with Crippen molar-refractivity contribution in [3.8, 4) is 0 Å². The van der Waals surface area contributed by atoms with E-state index < -0.39 is 37.5 Å². The van der Waals surface area contributed by atoms with Crippen molar-refractivity contribution >= 4 is 0 Å². The molecule has 8 nitrogen and oxygen atoms in total. The summed E-state index contributed by atoms with van der Waals surface area (Å²) in [5, 5.41) is 59.5. The molecule has 0 bridgehead atoms. The lowest BCUT2D eigenvalue weighted by Gasteiger charge is -2.23. The molecule has 0 aliphatic rings. The molecule has 0 radical (unpaired) electrons. The molecule has 0 fully saturated rings. The monoisotopic (exact) mass is 268 g/mol. The van der Waals surface area contributed by atoms with E-state index in [1.54, 1.807) is 0 Å². The number of aliphatic hydroxyl groups excluding tert-OH is 6. The minimum absolute atomic E-state index is 0.315. The number of hydrogen-bond acceptors (Lipinski definition) is 8. The Morgan fingerprint density at radius 2 is 0.944 bits per heavy atom. The van der Waals surface area contributed by atoms with E-state index in [0.717, 1.165) is 0 Å². The zero-order valence-corrected chi connectivity index (χ0v) is 10.2. The summed E-state index contributed by atoms with van der Waals surface area (Å²) >= 11 is 0. The summed E-state index contributed by atoms with van der Waals surface area (Å²) in [4.78, 5) is 0. The molecule has 8 N–H and O–H groups in total. The van der Waals surface area contributed by atoms with Crippen LogP contribution in [0.5, 0.6) is 0 Å². The van der Waals surface area contributed by atoms with Crippen LogP contribution in [-0.2, 0) is 0 Å². The van der Waals surface area contributed by atoms with Gasteiger partial charge in [0.2, 0.25) is 0 Å². The maximum absolute atomic E-state index is 9.29. The Bertz CT molecular complexity index is 177. The van der Waals surface area contributed by atoms with Gasteiger partial charge in [-0.05, 0) is 0 Å². The molecule has 0 spiro atoms. The van der Waals surface area contributed by atoms with Crippen LogP contribution in [-0.4, -0.2) is 94.4 Å². The van der Waals surface area contributed by atoms with Gasteiger partial charge >= 0.3 is 0 Å². The summed E-state index contributed by atoms with van der Waals surface area (Å²) in [6, 6.07) is -1.26. The van der Waals surface area contributed by atoms with E-state index in [4.69, 9.17) is 20.4 Å². The molecule has 0 aromatic heterocycles. The van der Waals surface area contributed by atoms with Crippen LogP contribution in [0.1, 0.15) is 0 Å². The van der Waals surface area contributed by atoms with E-state index in [-0.39, 0.29) is 13.2 Å². The van der Waals surface area contributed by atoms with Gasteiger partial charge in [-0.2, -0.15) is 0 Å². The number of hydrogen-bond donors (Lipinski definition) is 8. The fraction of sp³-hybridized carbons (Fsp3) is 1.00. The Kier molecular flexibility index (Phi) is 10.4. The number of nitrogens with one attached hydrogen (secondary N) is 2. The fourth-order valence-electron chi connectivity index (χ4n) is 1.41. The minimum Gasteiger partial charge on any atom is -0.395 e. The Balaban J connectivity index is 3.82. The van der Waals surface area contributed by atoms with Gasteiger partial charge < -0.3 is 41.3 Å². The van der Waals surface area contributed by atoms with Gasteiger partial charge in [0.15, 0.2) is 0 Å². The summed E-state index contributed by atoms with van der Waals surface area (Å²) in [5.74, 6) is 0. The molecule has 0 aromatic carbocycles. The van der Waals surface area contributed by atoms with Gasteiger partial charge in [-0.25, -0.2) is 0 Å². The average Bonchev–Trinajstić information content (AvgIpc) is 2.41. The van der Waals surface area contributed by atoms with Gasteiger partial charge in [0.1, 0.15) is 0 Å². The Morgan fingerprint density at radius 1 is 0.611 bits per heavy atom. The topological polar surface area (TPSA) is 145 Å². The van der Waals surface area contributed by atoms with Gasteiger partial charge in [0.05, 0.1) is 50.7 Å². The Morgan fingerprint density at radius 3 is 1.17 bits per heavy atom. The summed E-state index contributed by atoms with van der Waals surface area (Å²) in [5.41, 5.74) is 0. The van der Waals surface area contributed by atoms with Crippen LogP contribution < -0.4 is 10.6 Å². The highest BCUT2D eigenvalue weighted by Gasteiger charge is 2.18. The fourth-order valence-corrected chi connectivity index (χ4v) is 1.41. The van der Waals surface area contributed by atoms with Gasteiger partial charge in [0.25, 0.3) is 0 Å². The highest BCUT2D eigenvalue weighted by Crippen LogP contribution is 1.93. The molecular weight excluding hydrogens is 244 g/mol. The summed E-state index contributed by atoms with van der Waals surface area (Å²) in [6.07, 6.45) is -2.10. The van der Waals surface area contributed by atoms with E-state index in [0.29, 0.717) is 13.1 Å². The molecule has 18 heavy (non-hydrogen) atoms. The molecule has 0 saturated carbocycles. The van der Waals surface area contributed by atoms with E-state index in [2.05, 4.69) is 10.6 Å². The van der Waals surface area contributed by atoms with Crippen molar-refractivity contribution < 1.29 is 30.6 Å². The molecule has 0 aliphatic heterocycles. The normalized spacial score (nSPS) is 18.3. The van der Waals surface area contributed by atoms with Crippen LogP contribution in [0.4, 0.5) is 0 Å². The lowest BCUT2D eigenvalue weighted by Crippen LogP contribution is -2.50. The largest absolute Gasteiger partial charge is 0.395 e. The van der Waals surface area contributed by atoms with Gasteiger partial charge in [-0.3, -0.25) is 0 Å². The molecule has 0 aromatic rings. The third-order valence-electron chi connectivity index (χ3n) is 2.63. The second-order valence-electron chi connectivity index (χ2n) is 3.99. The first kappa shape index (κ1) is 17.7. The minimum atomic E-state index is -1.05. The van der Waals surface area contributed by atoms with Gasteiger partial charge in [-0.1, -0.05) is 0 Å². The van der Waals surface area contributed by atoms with E-state index in [9.17, 15) is 10.2 Å². The molecule has 0 unspecified atom stereocenters. The van der Waals surface area contributed by atoms with Crippen LogP contribution in [0.2, 0.25) is 0 Å². The third-order valence-corrected chi connectivity index (χ3v) is 2.63. The summed E-state index contributed by atoms with van der Waals surface area (Å²) < 4.78 is 0. The molecular formula is C10H24N2O6. The number of aliphatic hydroxyl groups is 6. The lowest BCUT2D eigenvalue weighted by atomic mass is 10.1. The van der Waals surface area contributed by atoms with Crippen LogP contribution in [0.3, 0.4) is 0 Å². The van der Waals surface area contributed by atoms with Crippen LogP contribution in [0, 0.1) is 0 Å². The SMILES string of the molecule is OC[C@@H](O)[C@@H](CO)NCCN[C@H](CO)[C@H](O)CO. The van der Waals surface area contributed by atoms with E-state index in [1.165, 1.54) is 0 Å². The maximum Gasteiger partial charge on any atom is 0.0945 e. The second kappa shape index (κ2) is 10.6. The first-order valence-corrected chi connectivity index (χ1v) is 5.87. The van der Waals surface area contributed by atoms with E-state index >= 15 is 0 Å². The van der Waals surface area contributed by atoms with Gasteiger partial charge in [0, 0.05) is 13.1 Å². The van der Waals surface area contributed by atoms with Crippen molar-refractivity contribution in [2.24, 2.45) is 0 Å². The average molecular weight is 268 g/mol. The molecule has 4 atom stereocenters. The van der Waals surface area contributed by atoms with Crippen molar-refractivity contribution in [3.05, 3.63) is 0 Å². The molecule has 8 heteroatoms. The molecule has 0 saturated heterocycles. The van der Waals surface area contributed by atoms with Crippen LogP contribution in [0.15, 0.2) is 0 Å². The van der Waals surface area contributed by atoms with Crippen molar-refractivity contribution in [2.45, 2.75) is 24.3 Å². The zero-order chi connectivity index (χ0) is 14.0. The third kappa shape index (κ3) is 6.57. The molecule has 0 amide bonds. The lowest BCUT2D eigenvalue weighted by molar-refractivity contribution is 0.0367. The maximum atomic E-state index is 9.29. The highest BCUT2D eigenvalue weighted by molar-refractivity contribution is 4.77. The predicted octanol–water partition coefficient (Wildman–Crippen LogP) is -4.41. The van der Waals surface area contributed by atoms with Crippen molar-refractivity contribution in [2.75, 3.05) is 39.5 Å². The van der Waals surface area contributed by atoms with Crippen LogP contribution in [0.25, 0.3) is 0 Å². The second-order valence-corrected chi connectivity index (χ2v) is 3.99. The zero-order valence-electron chi connectivity index (χ0n) is 10.2. The first-order valence-electron chi connectivity index (χ1n) is 5.87. The Labute approximate surface area is 106 Å². The summed E-state index contributed by atoms with van der Waals surface area (Å²) in [7, 11) is 0. The van der Waals surface area contributed by atoms with Gasteiger partial charge in [-0.15, -0.1) is 0 Å². The van der Waals surface area contributed by atoms with E-state index in [1.807, 2.05) is 0 Å². The highest BCUT2D eigenvalue weighted by atomic mass is 16.3. The van der Waals surface area contributed by atoms with Crippen molar-refractivity contribution in [1.82, 2.24) is 10.6 Å². The molecule has 0 rings (SSSR count). The van der Waals surface area contributed by atoms with Crippen molar-refractivity contribution in [3.63, 3.8) is 0 Å². The first-order chi connectivity index (χ1) is 8.60. The predicted molar refractivity (Wildman–Crippen MR) is 63.9 cm³/mol. The molecule has 0 aliphatic carbocycles. The van der Waals surface area contributed by atoms with Crippen LogP contribution >= 0.6 is 0 Å². The molecule has 110 valence electrons. The van der Waals surface area contributed by atoms with Crippen molar-refractivity contribution in [1.29, 1.82) is 0 Å². The molecule has 0 heterocycles.